The Balaban J connectivity index is 1.70. The van der Waals surface area contributed by atoms with Gasteiger partial charge in [-0.25, -0.2) is 9.97 Å². The molecule has 0 radical (unpaired) electrons. The van der Waals surface area contributed by atoms with Crippen molar-refractivity contribution in [3.05, 3.63) is 10.4 Å². The molecule has 2 aromatic rings. The Hall–Kier alpha value is -0.890. The van der Waals surface area contributed by atoms with E-state index < -0.39 is 0 Å². The SMILES string of the molecule is CCCSc1nc(NCC2CCCO2)c2c3c(sc2n1)COC(C)(C)C3. The second kappa shape index (κ2) is 7.62. The van der Waals surface area contributed by atoms with E-state index in [2.05, 4.69) is 26.1 Å². The monoisotopic (exact) mass is 393 g/mol. The highest BCUT2D eigenvalue weighted by Crippen LogP contribution is 2.41. The van der Waals surface area contributed by atoms with Gasteiger partial charge in [-0.15, -0.1) is 11.3 Å². The quantitative estimate of drug-likeness (QED) is 0.570. The summed E-state index contributed by atoms with van der Waals surface area (Å²) in [5, 5.41) is 5.65. The molecule has 5 nitrogen and oxygen atoms in total. The molecule has 7 heteroatoms. The van der Waals surface area contributed by atoms with Crippen LogP contribution in [0.2, 0.25) is 0 Å². The van der Waals surface area contributed by atoms with Crippen molar-refractivity contribution in [3.63, 3.8) is 0 Å². The number of rotatable bonds is 6. The van der Waals surface area contributed by atoms with E-state index in [9.17, 15) is 0 Å². The Morgan fingerprint density at radius 1 is 1.35 bits per heavy atom. The van der Waals surface area contributed by atoms with Crippen LogP contribution < -0.4 is 5.32 Å². The lowest BCUT2D eigenvalue weighted by atomic mass is 9.94. The molecule has 4 heterocycles. The van der Waals surface area contributed by atoms with Crippen LogP contribution in [-0.2, 0) is 22.5 Å². The highest BCUT2D eigenvalue weighted by atomic mass is 32.2. The number of hydrogen-bond acceptors (Lipinski definition) is 7. The van der Waals surface area contributed by atoms with Crippen molar-refractivity contribution in [1.82, 2.24) is 9.97 Å². The molecule has 1 atom stereocenters. The van der Waals surface area contributed by atoms with Crippen molar-refractivity contribution in [2.75, 3.05) is 24.2 Å². The summed E-state index contributed by atoms with van der Waals surface area (Å²) < 4.78 is 11.8. The van der Waals surface area contributed by atoms with Gasteiger partial charge in [-0.3, -0.25) is 0 Å². The van der Waals surface area contributed by atoms with Crippen LogP contribution in [0.15, 0.2) is 5.16 Å². The Bertz CT molecular complexity index is 785. The number of hydrogen-bond donors (Lipinski definition) is 1. The fourth-order valence-corrected chi connectivity index (χ4v) is 5.39. The minimum atomic E-state index is -0.136. The van der Waals surface area contributed by atoms with Crippen LogP contribution >= 0.6 is 23.1 Å². The number of nitrogens with one attached hydrogen (secondary N) is 1. The zero-order chi connectivity index (χ0) is 18.1. The zero-order valence-electron chi connectivity index (χ0n) is 15.8. The largest absolute Gasteiger partial charge is 0.376 e. The fourth-order valence-electron chi connectivity index (χ4n) is 3.53. The first kappa shape index (κ1) is 18.5. The average molecular weight is 394 g/mol. The molecule has 0 aromatic carbocycles. The van der Waals surface area contributed by atoms with Crippen LogP contribution in [0.1, 0.15) is 50.5 Å². The summed E-state index contributed by atoms with van der Waals surface area (Å²) in [5.74, 6) is 2.01. The maximum atomic E-state index is 6.01. The molecular weight excluding hydrogens is 366 g/mol. The lowest BCUT2D eigenvalue weighted by Crippen LogP contribution is -2.31. The van der Waals surface area contributed by atoms with Gasteiger partial charge in [0, 0.05) is 30.2 Å². The number of ether oxygens (including phenoxy) is 2. The molecule has 1 unspecified atom stereocenters. The summed E-state index contributed by atoms with van der Waals surface area (Å²) in [6.07, 6.45) is 4.60. The van der Waals surface area contributed by atoms with Gasteiger partial charge >= 0.3 is 0 Å². The number of thiophene rings is 1. The van der Waals surface area contributed by atoms with Crippen molar-refractivity contribution >= 4 is 39.1 Å². The first-order chi connectivity index (χ1) is 12.6. The summed E-state index contributed by atoms with van der Waals surface area (Å²) in [7, 11) is 0. The topological polar surface area (TPSA) is 56.3 Å². The van der Waals surface area contributed by atoms with Crippen molar-refractivity contribution < 1.29 is 9.47 Å². The van der Waals surface area contributed by atoms with Gasteiger partial charge in [0.25, 0.3) is 0 Å². The van der Waals surface area contributed by atoms with Crippen molar-refractivity contribution in [2.45, 2.75) is 69.9 Å². The zero-order valence-corrected chi connectivity index (χ0v) is 17.4. The van der Waals surface area contributed by atoms with Crippen LogP contribution in [0, 0.1) is 0 Å². The number of nitrogens with zero attached hydrogens (tertiary/aromatic N) is 2. The third-order valence-corrected chi connectivity index (χ3v) is 7.02. The molecule has 26 heavy (non-hydrogen) atoms. The Morgan fingerprint density at radius 2 is 2.23 bits per heavy atom. The third kappa shape index (κ3) is 3.86. The molecule has 1 N–H and O–H groups in total. The molecule has 4 rings (SSSR count). The minimum absolute atomic E-state index is 0.136. The Kier molecular flexibility index (Phi) is 5.41. The van der Waals surface area contributed by atoms with Crippen molar-refractivity contribution in [3.8, 4) is 0 Å². The second-order valence-corrected chi connectivity index (χ2v) is 9.77. The minimum Gasteiger partial charge on any atom is -0.376 e. The fraction of sp³-hybridized carbons (Fsp3) is 0.684. The van der Waals surface area contributed by atoms with Gasteiger partial charge in [-0.1, -0.05) is 18.7 Å². The van der Waals surface area contributed by atoms with E-state index in [-0.39, 0.29) is 5.60 Å². The first-order valence-corrected chi connectivity index (χ1v) is 11.3. The van der Waals surface area contributed by atoms with E-state index in [0.29, 0.717) is 12.7 Å². The molecule has 2 aromatic heterocycles. The van der Waals surface area contributed by atoms with Crippen molar-refractivity contribution in [2.24, 2.45) is 0 Å². The standard InChI is InChI=1S/C19H27N3O2S2/c1-4-8-25-18-21-16(20-10-12-6-5-7-23-12)15-13-9-19(2,3)24-11-14(13)26-17(15)22-18/h12H,4-11H2,1-3H3,(H,20,21,22). The molecule has 1 saturated heterocycles. The molecule has 1 fully saturated rings. The van der Waals surface area contributed by atoms with Gasteiger partial charge in [0.05, 0.1) is 23.7 Å². The van der Waals surface area contributed by atoms with Crippen LogP contribution in [0.4, 0.5) is 5.82 Å². The van der Waals surface area contributed by atoms with Crippen LogP contribution in [-0.4, -0.2) is 40.6 Å². The normalized spacial score (nSPS) is 21.9. The summed E-state index contributed by atoms with van der Waals surface area (Å²) in [6.45, 7) is 8.87. The molecule has 142 valence electrons. The highest BCUT2D eigenvalue weighted by molar-refractivity contribution is 7.99. The lowest BCUT2D eigenvalue weighted by molar-refractivity contribution is -0.0379. The maximum absolute atomic E-state index is 6.01. The summed E-state index contributed by atoms with van der Waals surface area (Å²) in [5.41, 5.74) is 1.23. The Labute approximate surface area is 163 Å². The number of anilines is 1. The van der Waals surface area contributed by atoms with E-state index in [1.54, 1.807) is 23.1 Å². The Morgan fingerprint density at radius 3 is 3.00 bits per heavy atom. The van der Waals surface area contributed by atoms with Gasteiger partial charge in [0.2, 0.25) is 0 Å². The van der Waals surface area contributed by atoms with E-state index in [1.165, 1.54) is 15.8 Å². The molecule has 0 bridgehead atoms. The second-order valence-electron chi connectivity index (χ2n) is 7.63. The summed E-state index contributed by atoms with van der Waals surface area (Å²) in [4.78, 5) is 12.1. The molecule has 0 amide bonds. The van der Waals surface area contributed by atoms with E-state index >= 15 is 0 Å². The van der Waals surface area contributed by atoms with Gasteiger partial charge in [-0.05, 0) is 38.7 Å². The van der Waals surface area contributed by atoms with Crippen LogP contribution in [0.5, 0.6) is 0 Å². The number of aromatic nitrogens is 2. The summed E-state index contributed by atoms with van der Waals surface area (Å²) >= 11 is 3.49. The number of fused-ring (bicyclic) bond motifs is 3. The van der Waals surface area contributed by atoms with Gasteiger partial charge in [0.15, 0.2) is 5.16 Å². The summed E-state index contributed by atoms with van der Waals surface area (Å²) in [6, 6.07) is 0. The highest BCUT2D eigenvalue weighted by Gasteiger charge is 2.31. The average Bonchev–Trinajstić information content (AvgIpc) is 3.24. The third-order valence-electron chi connectivity index (χ3n) is 4.87. The molecular formula is C19H27N3O2S2. The van der Waals surface area contributed by atoms with Crippen molar-refractivity contribution in [1.29, 1.82) is 0 Å². The van der Waals surface area contributed by atoms with E-state index in [1.807, 2.05) is 0 Å². The molecule has 0 aliphatic carbocycles. The smallest absolute Gasteiger partial charge is 0.190 e. The lowest BCUT2D eigenvalue weighted by Gasteiger charge is -2.30. The molecule has 2 aliphatic heterocycles. The predicted octanol–water partition coefficient (Wildman–Crippen LogP) is 4.64. The molecule has 2 aliphatic rings. The predicted molar refractivity (Wildman–Crippen MR) is 108 cm³/mol. The molecule has 0 spiro atoms. The van der Waals surface area contributed by atoms with E-state index in [0.717, 1.165) is 60.4 Å². The maximum Gasteiger partial charge on any atom is 0.190 e. The number of thioether (sulfide) groups is 1. The van der Waals surface area contributed by atoms with Crippen LogP contribution in [0.25, 0.3) is 10.2 Å². The molecule has 0 saturated carbocycles. The van der Waals surface area contributed by atoms with E-state index in [4.69, 9.17) is 19.4 Å². The first-order valence-electron chi connectivity index (χ1n) is 9.50. The van der Waals surface area contributed by atoms with Gasteiger partial charge in [-0.2, -0.15) is 0 Å². The van der Waals surface area contributed by atoms with Gasteiger partial charge < -0.3 is 14.8 Å². The van der Waals surface area contributed by atoms with Gasteiger partial charge in [0.1, 0.15) is 10.6 Å². The van der Waals surface area contributed by atoms with Crippen LogP contribution in [0.3, 0.4) is 0 Å².